The standard InChI is InChI=1S/C17H10N6/c1-2-4-12-11(3-1)21-16-15(13-9-18-5-6-20-13)14-10-19-7-8-23(14)17(16)22-12/h1-10H. The third kappa shape index (κ3) is 1.72. The Morgan fingerprint density at radius 2 is 1.65 bits per heavy atom. The van der Waals surface area contributed by atoms with E-state index in [9.17, 15) is 0 Å². The molecule has 0 atom stereocenters. The molecule has 6 heteroatoms. The Kier molecular flexibility index (Phi) is 2.40. The number of nitrogens with zero attached hydrogens (tertiary/aromatic N) is 6. The van der Waals surface area contributed by atoms with Gasteiger partial charge in [0.2, 0.25) is 0 Å². The molecule has 1 aromatic carbocycles. The Labute approximate surface area is 130 Å². The van der Waals surface area contributed by atoms with Gasteiger partial charge in [0.05, 0.1) is 40.2 Å². The fraction of sp³-hybridized carbons (Fsp3) is 0. The van der Waals surface area contributed by atoms with Gasteiger partial charge in [-0.05, 0) is 12.1 Å². The highest BCUT2D eigenvalue weighted by atomic mass is 15.0. The Balaban J connectivity index is 2.03. The summed E-state index contributed by atoms with van der Waals surface area (Å²) in [5.74, 6) is 0. The van der Waals surface area contributed by atoms with E-state index in [1.807, 2.05) is 34.9 Å². The first kappa shape index (κ1) is 12.2. The maximum absolute atomic E-state index is 4.81. The van der Waals surface area contributed by atoms with Gasteiger partial charge in [0.25, 0.3) is 0 Å². The number of hydrogen-bond acceptors (Lipinski definition) is 5. The average molecular weight is 298 g/mol. The van der Waals surface area contributed by atoms with Crippen LogP contribution in [0.4, 0.5) is 0 Å². The number of aromatic nitrogens is 6. The normalized spacial score (nSPS) is 11.5. The number of para-hydroxylation sites is 2. The van der Waals surface area contributed by atoms with Gasteiger partial charge in [0.15, 0.2) is 5.65 Å². The average Bonchev–Trinajstić information content (AvgIpc) is 2.94. The Morgan fingerprint density at radius 1 is 0.826 bits per heavy atom. The number of hydrogen-bond donors (Lipinski definition) is 0. The molecule has 0 aliphatic carbocycles. The first-order valence-corrected chi connectivity index (χ1v) is 7.19. The van der Waals surface area contributed by atoms with Gasteiger partial charge in [0.1, 0.15) is 5.52 Å². The van der Waals surface area contributed by atoms with Crippen LogP contribution in [0.1, 0.15) is 0 Å². The van der Waals surface area contributed by atoms with Gasteiger partial charge in [-0.1, -0.05) is 12.1 Å². The van der Waals surface area contributed by atoms with Crippen molar-refractivity contribution in [3.05, 3.63) is 61.4 Å². The van der Waals surface area contributed by atoms with Gasteiger partial charge < -0.3 is 0 Å². The topological polar surface area (TPSA) is 68.9 Å². The predicted octanol–water partition coefficient (Wildman–Crippen LogP) is 2.89. The highest BCUT2D eigenvalue weighted by Gasteiger charge is 2.17. The molecule has 0 saturated carbocycles. The zero-order valence-corrected chi connectivity index (χ0v) is 12.0. The molecule has 4 aromatic heterocycles. The Hall–Kier alpha value is -3.41. The molecule has 0 radical (unpaired) electrons. The van der Waals surface area contributed by atoms with Crippen LogP contribution in [0.5, 0.6) is 0 Å². The van der Waals surface area contributed by atoms with E-state index in [1.54, 1.807) is 31.0 Å². The van der Waals surface area contributed by atoms with Crippen LogP contribution in [0.15, 0.2) is 61.4 Å². The Morgan fingerprint density at radius 3 is 2.48 bits per heavy atom. The van der Waals surface area contributed by atoms with Crippen molar-refractivity contribution in [3.8, 4) is 11.3 Å². The monoisotopic (exact) mass is 298 g/mol. The van der Waals surface area contributed by atoms with Crippen LogP contribution in [0, 0.1) is 0 Å². The number of rotatable bonds is 1. The van der Waals surface area contributed by atoms with Gasteiger partial charge in [-0.15, -0.1) is 0 Å². The van der Waals surface area contributed by atoms with Crippen LogP contribution in [-0.4, -0.2) is 29.3 Å². The SMILES string of the molecule is c1ccc2nc3c(nc2c1)c(-c1cnccn1)c1cnccn13. The zero-order chi connectivity index (χ0) is 15.2. The molecule has 0 N–H and O–H groups in total. The van der Waals surface area contributed by atoms with E-state index < -0.39 is 0 Å². The van der Waals surface area contributed by atoms with E-state index in [0.29, 0.717) is 0 Å². The third-order valence-corrected chi connectivity index (χ3v) is 3.85. The minimum Gasteiger partial charge on any atom is -0.296 e. The molecule has 5 rings (SSSR count). The number of benzene rings is 1. The van der Waals surface area contributed by atoms with Crippen molar-refractivity contribution in [2.75, 3.05) is 0 Å². The van der Waals surface area contributed by atoms with Gasteiger partial charge in [-0.25, -0.2) is 9.97 Å². The van der Waals surface area contributed by atoms with Crippen molar-refractivity contribution < 1.29 is 0 Å². The summed E-state index contributed by atoms with van der Waals surface area (Å²) in [6, 6.07) is 7.85. The molecule has 0 saturated heterocycles. The number of fused-ring (bicyclic) bond motifs is 4. The predicted molar refractivity (Wildman–Crippen MR) is 86.8 cm³/mol. The zero-order valence-electron chi connectivity index (χ0n) is 12.0. The lowest BCUT2D eigenvalue weighted by Gasteiger charge is -1.99. The molecule has 0 spiro atoms. The molecule has 4 heterocycles. The largest absolute Gasteiger partial charge is 0.296 e. The van der Waals surface area contributed by atoms with Crippen LogP contribution in [-0.2, 0) is 0 Å². The van der Waals surface area contributed by atoms with Crippen molar-refractivity contribution in [2.45, 2.75) is 0 Å². The van der Waals surface area contributed by atoms with E-state index in [1.165, 1.54) is 0 Å². The van der Waals surface area contributed by atoms with Crippen LogP contribution < -0.4 is 0 Å². The van der Waals surface area contributed by atoms with Crippen LogP contribution in [0.3, 0.4) is 0 Å². The summed E-state index contributed by atoms with van der Waals surface area (Å²) in [5, 5.41) is 0. The first-order valence-electron chi connectivity index (χ1n) is 7.19. The second-order valence-electron chi connectivity index (χ2n) is 5.18. The van der Waals surface area contributed by atoms with E-state index in [4.69, 9.17) is 9.97 Å². The van der Waals surface area contributed by atoms with Crippen molar-refractivity contribution >= 4 is 27.7 Å². The molecule has 0 bridgehead atoms. The fourth-order valence-electron chi connectivity index (χ4n) is 2.86. The highest BCUT2D eigenvalue weighted by molar-refractivity contribution is 6.03. The minimum absolute atomic E-state index is 0.762. The molecule has 0 unspecified atom stereocenters. The summed E-state index contributed by atoms with van der Waals surface area (Å²) in [6.45, 7) is 0. The van der Waals surface area contributed by atoms with Gasteiger partial charge in [-0.2, -0.15) is 0 Å². The molecule has 6 nitrogen and oxygen atoms in total. The molecule has 0 amide bonds. The third-order valence-electron chi connectivity index (χ3n) is 3.85. The van der Waals surface area contributed by atoms with Crippen molar-refractivity contribution in [3.63, 3.8) is 0 Å². The lowest BCUT2D eigenvalue weighted by atomic mass is 10.2. The fourth-order valence-corrected chi connectivity index (χ4v) is 2.86. The molecular weight excluding hydrogens is 288 g/mol. The molecule has 0 fully saturated rings. The quantitative estimate of drug-likeness (QED) is 0.476. The van der Waals surface area contributed by atoms with Gasteiger partial charge in [0, 0.05) is 24.8 Å². The first-order chi connectivity index (χ1) is 11.4. The van der Waals surface area contributed by atoms with Crippen molar-refractivity contribution in [1.29, 1.82) is 0 Å². The smallest absolute Gasteiger partial charge is 0.164 e. The van der Waals surface area contributed by atoms with E-state index >= 15 is 0 Å². The molecule has 5 aromatic rings. The van der Waals surface area contributed by atoms with Crippen LogP contribution in [0.25, 0.3) is 39.0 Å². The molecular formula is C17H10N6. The van der Waals surface area contributed by atoms with E-state index in [0.717, 1.165) is 39.0 Å². The van der Waals surface area contributed by atoms with E-state index in [2.05, 4.69) is 15.0 Å². The highest BCUT2D eigenvalue weighted by Crippen LogP contribution is 2.32. The second-order valence-corrected chi connectivity index (χ2v) is 5.18. The van der Waals surface area contributed by atoms with Crippen molar-refractivity contribution in [2.24, 2.45) is 0 Å². The minimum atomic E-state index is 0.762. The summed E-state index contributed by atoms with van der Waals surface area (Å²) >= 11 is 0. The lowest BCUT2D eigenvalue weighted by Crippen LogP contribution is -1.89. The summed E-state index contributed by atoms with van der Waals surface area (Å²) < 4.78 is 1.99. The summed E-state index contributed by atoms with van der Waals surface area (Å²) in [5.41, 5.74) is 5.89. The molecule has 0 aliphatic heterocycles. The summed E-state index contributed by atoms with van der Waals surface area (Å²) in [7, 11) is 0. The van der Waals surface area contributed by atoms with Crippen molar-refractivity contribution in [1.82, 2.24) is 29.3 Å². The Bertz CT molecular complexity index is 1160. The van der Waals surface area contributed by atoms with E-state index in [-0.39, 0.29) is 0 Å². The summed E-state index contributed by atoms with van der Waals surface area (Å²) in [4.78, 5) is 22.4. The van der Waals surface area contributed by atoms with Gasteiger partial charge >= 0.3 is 0 Å². The maximum Gasteiger partial charge on any atom is 0.164 e. The molecule has 108 valence electrons. The molecule has 23 heavy (non-hydrogen) atoms. The second kappa shape index (κ2) is 4.54. The van der Waals surface area contributed by atoms with Crippen LogP contribution in [0.2, 0.25) is 0 Å². The lowest BCUT2D eigenvalue weighted by molar-refractivity contribution is 1.15. The summed E-state index contributed by atoms with van der Waals surface area (Å²) in [6.07, 6.45) is 10.5. The maximum atomic E-state index is 4.81. The van der Waals surface area contributed by atoms with Crippen LogP contribution >= 0.6 is 0 Å². The van der Waals surface area contributed by atoms with Gasteiger partial charge in [-0.3, -0.25) is 19.4 Å². The molecule has 0 aliphatic rings.